The molecule has 23 heavy (non-hydrogen) atoms. The van der Waals surface area contributed by atoms with Crippen molar-refractivity contribution >= 4 is 11.5 Å². The molecule has 2 aromatic rings. The van der Waals surface area contributed by atoms with Gasteiger partial charge in [0.05, 0.1) is 6.20 Å². The van der Waals surface area contributed by atoms with Crippen molar-refractivity contribution in [1.82, 2.24) is 14.9 Å². The summed E-state index contributed by atoms with van der Waals surface area (Å²) in [4.78, 5) is 16.1. The summed E-state index contributed by atoms with van der Waals surface area (Å²) in [5.41, 5.74) is 1.35. The molecule has 3 heterocycles. The second kappa shape index (κ2) is 6.54. The molecular formula is C18H23N5. The monoisotopic (exact) mass is 309 g/mol. The quantitative estimate of drug-likeness (QED) is 0.865. The Hall–Kier alpha value is -2.14. The van der Waals surface area contributed by atoms with Crippen LogP contribution in [0.5, 0.6) is 0 Å². The first kappa shape index (κ1) is 14.5. The smallest absolute Gasteiger partial charge is 0.147 e. The van der Waals surface area contributed by atoms with E-state index < -0.39 is 0 Å². The standard InChI is InChI=1S/C18H23N5/c1-2-4-16(5-3-1)23-9-6-17(15-23)21-10-12-22(13-11-21)18-14-19-7-8-20-18/h1-5,7-8,14,17H,6,9-13,15H2. The molecule has 2 aliphatic rings. The summed E-state index contributed by atoms with van der Waals surface area (Å²) in [7, 11) is 0. The number of para-hydroxylation sites is 1. The third-order valence-corrected chi connectivity index (χ3v) is 4.99. The van der Waals surface area contributed by atoms with E-state index in [-0.39, 0.29) is 0 Å². The minimum atomic E-state index is 0.680. The van der Waals surface area contributed by atoms with Gasteiger partial charge in [-0.25, -0.2) is 4.98 Å². The molecule has 120 valence electrons. The van der Waals surface area contributed by atoms with Gasteiger partial charge in [0, 0.05) is 63.4 Å². The van der Waals surface area contributed by atoms with Crippen molar-refractivity contribution in [2.75, 3.05) is 49.1 Å². The second-order valence-corrected chi connectivity index (χ2v) is 6.31. The first-order valence-corrected chi connectivity index (χ1v) is 8.45. The van der Waals surface area contributed by atoms with E-state index in [0.717, 1.165) is 38.5 Å². The Morgan fingerprint density at radius 3 is 2.43 bits per heavy atom. The molecule has 4 rings (SSSR count). The molecule has 0 amide bonds. The van der Waals surface area contributed by atoms with Crippen LogP contribution in [-0.4, -0.2) is 60.2 Å². The van der Waals surface area contributed by atoms with E-state index in [2.05, 4.69) is 55.0 Å². The summed E-state index contributed by atoms with van der Waals surface area (Å²) in [5, 5.41) is 0. The number of aromatic nitrogens is 2. The van der Waals surface area contributed by atoms with Crippen molar-refractivity contribution < 1.29 is 0 Å². The van der Waals surface area contributed by atoms with Gasteiger partial charge in [-0.3, -0.25) is 9.88 Å². The van der Waals surface area contributed by atoms with Crippen molar-refractivity contribution in [3.05, 3.63) is 48.9 Å². The highest BCUT2D eigenvalue weighted by Crippen LogP contribution is 2.24. The van der Waals surface area contributed by atoms with Crippen LogP contribution in [0.1, 0.15) is 6.42 Å². The van der Waals surface area contributed by atoms with E-state index >= 15 is 0 Å². The number of benzene rings is 1. The van der Waals surface area contributed by atoms with Crippen molar-refractivity contribution in [2.45, 2.75) is 12.5 Å². The van der Waals surface area contributed by atoms with Crippen LogP contribution in [0.15, 0.2) is 48.9 Å². The number of hydrogen-bond acceptors (Lipinski definition) is 5. The first-order valence-electron chi connectivity index (χ1n) is 8.45. The zero-order valence-electron chi connectivity index (χ0n) is 13.4. The molecule has 1 aromatic carbocycles. The lowest BCUT2D eigenvalue weighted by Crippen LogP contribution is -2.51. The van der Waals surface area contributed by atoms with E-state index in [0.29, 0.717) is 6.04 Å². The van der Waals surface area contributed by atoms with Crippen LogP contribution >= 0.6 is 0 Å². The molecule has 0 N–H and O–H groups in total. The summed E-state index contributed by atoms with van der Waals surface area (Å²) in [6.45, 7) is 6.63. The second-order valence-electron chi connectivity index (χ2n) is 6.31. The van der Waals surface area contributed by atoms with Crippen LogP contribution in [0.3, 0.4) is 0 Å². The van der Waals surface area contributed by atoms with Gasteiger partial charge in [0.1, 0.15) is 5.82 Å². The van der Waals surface area contributed by atoms with Crippen molar-refractivity contribution in [3.8, 4) is 0 Å². The number of anilines is 2. The molecule has 2 aliphatic heterocycles. The summed E-state index contributed by atoms with van der Waals surface area (Å²) < 4.78 is 0. The zero-order valence-corrected chi connectivity index (χ0v) is 13.4. The van der Waals surface area contributed by atoms with Crippen molar-refractivity contribution in [2.24, 2.45) is 0 Å². The van der Waals surface area contributed by atoms with Gasteiger partial charge in [-0.1, -0.05) is 18.2 Å². The Balaban J connectivity index is 1.33. The minimum Gasteiger partial charge on any atom is -0.370 e. The third kappa shape index (κ3) is 3.15. The van der Waals surface area contributed by atoms with Crippen LogP contribution in [0.2, 0.25) is 0 Å². The zero-order chi connectivity index (χ0) is 15.5. The summed E-state index contributed by atoms with van der Waals surface area (Å²) in [6.07, 6.45) is 6.63. The van der Waals surface area contributed by atoms with Crippen LogP contribution < -0.4 is 9.80 Å². The molecule has 1 unspecified atom stereocenters. The summed E-state index contributed by atoms with van der Waals surface area (Å²) in [5.74, 6) is 1.00. The SMILES string of the molecule is c1ccc(N2CCC(N3CCN(c4cnccn4)CC3)C2)cc1. The van der Waals surface area contributed by atoms with Gasteiger partial charge in [-0.15, -0.1) is 0 Å². The molecule has 0 aliphatic carbocycles. The van der Waals surface area contributed by atoms with E-state index in [1.165, 1.54) is 18.7 Å². The third-order valence-electron chi connectivity index (χ3n) is 4.99. The maximum Gasteiger partial charge on any atom is 0.147 e. The lowest BCUT2D eigenvalue weighted by atomic mass is 10.2. The van der Waals surface area contributed by atoms with E-state index in [4.69, 9.17) is 0 Å². The molecule has 0 spiro atoms. The van der Waals surface area contributed by atoms with Crippen LogP contribution in [0.4, 0.5) is 11.5 Å². The van der Waals surface area contributed by atoms with Crippen LogP contribution in [0, 0.1) is 0 Å². The summed E-state index contributed by atoms with van der Waals surface area (Å²) in [6, 6.07) is 11.5. The Labute approximate surface area is 137 Å². The molecule has 5 nitrogen and oxygen atoms in total. The number of nitrogens with zero attached hydrogens (tertiary/aromatic N) is 5. The van der Waals surface area contributed by atoms with Gasteiger partial charge < -0.3 is 9.80 Å². The highest BCUT2D eigenvalue weighted by Gasteiger charge is 2.30. The van der Waals surface area contributed by atoms with Crippen LogP contribution in [-0.2, 0) is 0 Å². The van der Waals surface area contributed by atoms with Gasteiger partial charge >= 0.3 is 0 Å². The fourth-order valence-electron chi connectivity index (χ4n) is 3.68. The average Bonchev–Trinajstić information content (AvgIpc) is 3.14. The maximum atomic E-state index is 4.41. The Morgan fingerprint density at radius 1 is 0.870 bits per heavy atom. The predicted octanol–water partition coefficient (Wildman–Crippen LogP) is 1.88. The maximum absolute atomic E-state index is 4.41. The Bertz CT molecular complexity index is 610. The summed E-state index contributed by atoms with van der Waals surface area (Å²) >= 11 is 0. The number of piperazine rings is 1. The first-order chi connectivity index (χ1) is 11.4. The topological polar surface area (TPSA) is 35.5 Å². The van der Waals surface area contributed by atoms with E-state index in [1.807, 2.05) is 6.20 Å². The Kier molecular flexibility index (Phi) is 4.11. The van der Waals surface area contributed by atoms with Gasteiger partial charge in [-0.05, 0) is 18.6 Å². The van der Waals surface area contributed by atoms with Gasteiger partial charge in [0.15, 0.2) is 0 Å². The molecule has 0 saturated carbocycles. The van der Waals surface area contributed by atoms with Gasteiger partial charge in [-0.2, -0.15) is 0 Å². The van der Waals surface area contributed by atoms with E-state index in [1.54, 1.807) is 12.4 Å². The fourth-order valence-corrected chi connectivity index (χ4v) is 3.68. The largest absolute Gasteiger partial charge is 0.370 e. The Morgan fingerprint density at radius 2 is 1.70 bits per heavy atom. The molecule has 1 aromatic heterocycles. The molecule has 1 atom stereocenters. The average molecular weight is 309 g/mol. The molecule has 0 bridgehead atoms. The normalized spacial score (nSPS) is 22.5. The van der Waals surface area contributed by atoms with Gasteiger partial charge in [0.2, 0.25) is 0 Å². The molecule has 2 fully saturated rings. The molecule has 2 saturated heterocycles. The molecular weight excluding hydrogens is 286 g/mol. The van der Waals surface area contributed by atoms with E-state index in [9.17, 15) is 0 Å². The fraction of sp³-hybridized carbons (Fsp3) is 0.444. The number of hydrogen-bond donors (Lipinski definition) is 0. The minimum absolute atomic E-state index is 0.680. The van der Waals surface area contributed by atoms with Crippen LogP contribution in [0.25, 0.3) is 0 Å². The molecule has 5 heteroatoms. The van der Waals surface area contributed by atoms with Crippen molar-refractivity contribution in [1.29, 1.82) is 0 Å². The molecule has 0 radical (unpaired) electrons. The lowest BCUT2D eigenvalue weighted by molar-refractivity contribution is 0.197. The predicted molar refractivity (Wildman–Crippen MR) is 92.9 cm³/mol. The van der Waals surface area contributed by atoms with Gasteiger partial charge in [0.25, 0.3) is 0 Å². The van der Waals surface area contributed by atoms with Crippen molar-refractivity contribution in [3.63, 3.8) is 0 Å². The lowest BCUT2D eigenvalue weighted by Gasteiger charge is -2.38. The highest BCUT2D eigenvalue weighted by atomic mass is 15.3. The number of rotatable bonds is 3. The highest BCUT2D eigenvalue weighted by molar-refractivity contribution is 5.47.